The normalized spacial score (nSPS) is 12.0. The van der Waals surface area contributed by atoms with Crippen molar-refractivity contribution in [2.75, 3.05) is 26.2 Å². The summed E-state index contributed by atoms with van der Waals surface area (Å²) >= 11 is 0. The zero-order valence-corrected chi connectivity index (χ0v) is 13.3. The van der Waals surface area contributed by atoms with E-state index in [0.29, 0.717) is 18.8 Å². The van der Waals surface area contributed by atoms with Crippen molar-refractivity contribution >= 4 is 5.91 Å². The zero-order chi connectivity index (χ0) is 15.8. The molecule has 1 N–H and O–H groups in total. The number of hydrogen-bond acceptors (Lipinski definition) is 3. The van der Waals surface area contributed by atoms with E-state index in [0.717, 1.165) is 12.1 Å². The monoisotopic (exact) mass is 296 g/mol. The Morgan fingerprint density at radius 2 is 2.00 bits per heavy atom. The molecule has 1 unspecified atom stereocenters. The molecule has 4 nitrogen and oxygen atoms in total. The first-order valence-corrected chi connectivity index (χ1v) is 7.46. The minimum Gasteiger partial charge on any atom is -0.483 e. The predicted octanol–water partition coefficient (Wildman–Crippen LogP) is 2.74. The van der Waals surface area contributed by atoms with E-state index in [9.17, 15) is 9.18 Å². The number of likely N-dealkylation sites (N-methyl/N-ethyl adjacent to an activating group) is 1. The lowest BCUT2D eigenvalue weighted by Gasteiger charge is -2.21. The number of hydrogen-bond donors (Lipinski definition) is 1. The van der Waals surface area contributed by atoms with Crippen LogP contribution in [-0.4, -0.2) is 37.0 Å². The minimum atomic E-state index is -0.368. The molecule has 0 saturated carbocycles. The molecule has 0 heterocycles. The van der Waals surface area contributed by atoms with E-state index in [1.165, 1.54) is 12.1 Å². The molecule has 0 saturated heterocycles. The molecule has 1 rings (SSSR count). The van der Waals surface area contributed by atoms with Crippen LogP contribution in [0.1, 0.15) is 39.3 Å². The summed E-state index contributed by atoms with van der Waals surface area (Å²) in [6.07, 6.45) is 0. The molecule has 1 atom stereocenters. The fraction of sp³-hybridized carbons (Fsp3) is 0.562. The summed E-state index contributed by atoms with van der Waals surface area (Å²) < 4.78 is 19.0. The highest BCUT2D eigenvalue weighted by Gasteiger charge is 2.15. The number of halogens is 1. The Morgan fingerprint density at radius 3 is 2.57 bits per heavy atom. The lowest BCUT2D eigenvalue weighted by molar-refractivity contribution is -0.133. The second-order valence-electron chi connectivity index (χ2n) is 4.82. The number of rotatable bonds is 8. The van der Waals surface area contributed by atoms with Gasteiger partial charge in [-0.05, 0) is 33.4 Å². The van der Waals surface area contributed by atoms with Crippen LogP contribution in [0.2, 0.25) is 0 Å². The number of carbonyl (C=O) groups is 1. The minimum absolute atomic E-state index is 0.0363. The van der Waals surface area contributed by atoms with E-state index in [2.05, 4.69) is 5.32 Å². The number of amides is 1. The van der Waals surface area contributed by atoms with Gasteiger partial charge in [-0.25, -0.2) is 4.39 Å². The summed E-state index contributed by atoms with van der Waals surface area (Å²) in [5.41, 5.74) is 0.852. The molecular formula is C16H25FN2O2. The number of benzene rings is 1. The van der Waals surface area contributed by atoms with Crippen molar-refractivity contribution in [3.05, 3.63) is 29.6 Å². The van der Waals surface area contributed by atoms with Crippen molar-refractivity contribution in [2.45, 2.75) is 33.7 Å². The molecule has 0 aliphatic carbocycles. The number of carbonyl (C=O) groups excluding carboxylic acids is 1. The highest BCUT2D eigenvalue weighted by Crippen LogP contribution is 2.26. The molecule has 0 aliphatic rings. The SMILES string of the molecule is CCNC(C)c1ccc(F)cc1OCC(=O)N(CC)CC. The van der Waals surface area contributed by atoms with Crippen molar-refractivity contribution in [2.24, 2.45) is 0 Å². The molecule has 0 spiro atoms. The van der Waals surface area contributed by atoms with Crippen LogP contribution < -0.4 is 10.1 Å². The van der Waals surface area contributed by atoms with Crippen molar-refractivity contribution in [1.82, 2.24) is 10.2 Å². The Kier molecular flexibility index (Phi) is 7.15. The largest absolute Gasteiger partial charge is 0.483 e. The van der Waals surface area contributed by atoms with Gasteiger partial charge in [0.15, 0.2) is 6.61 Å². The van der Waals surface area contributed by atoms with Gasteiger partial charge in [0.05, 0.1) is 0 Å². The third kappa shape index (κ3) is 5.01. The summed E-state index contributed by atoms with van der Waals surface area (Å²) in [4.78, 5) is 13.6. The van der Waals surface area contributed by atoms with Gasteiger partial charge in [0.2, 0.25) is 0 Å². The Morgan fingerprint density at radius 1 is 1.33 bits per heavy atom. The van der Waals surface area contributed by atoms with Crippen LogP contribution >= 0.6 is 0 Å². The highest BCUT2D eigenvalue weighted by atomic mass is 19.1. The Hall–Kier alpha value is -1.62. The average Bonchev–Trinajstić information content (AvgIpc) is 2.46. The second kappa shape index (κ2) is 8.62. The van der Waals surface area contributed by atoms with Crippen LogP contribution in [-0.2, 0) is 4.79 Å². The summed E-state index contributed by atoms with van der Waals surface area (Å²) in [5.74, 6) is -0.0389. The maximum Gasteiger partial charge on any atom is 0.260 e. The van der Waals surface area contributed by atoms with E-state index in [1.54, 1.807) is 11.0 Å². The first kappa shape index (κ1) is 17.4. The number of nitrogens with zero attached hydrogens (tertiary/aromatic N) is 1. The summed E-state index contributed by atoms with van der Waals surface area (Å²) in [5, 5.41) is 3.26. The van der Waals surface area contributed by atoms with Gasteiger partial charge < -0.3 is 15.0 Å². The van der Waals surface area contributed by atoms with E-state index in [4.69, 9.17) is 4.74 Å². The van der Waals surface area contributed by atoms with Crippen LogP contribution in [0.5, 0.6) is 5.75 Å². The van der Waals surface area contributed by atoms with Gasteiger partial charge in [-0.3, -0.25) is 4.79 Å². The predicted molar refractivity (Wildman–Crippen MR) is 81.9 cm³/mol. The summed E-state index contributed by atoms with van der Waals surface area (Å²) in [6.45, 7) is 9.84. The molecule has 0 fully saturated rings. The first-order valence-electron chi connectivity index (χ1n) is 7.46. The molecular weight excluding hydrogens is 271 g/mol. The maximum absolute atomic E-state index is 13.4. The molecule has 0 aromatic heterocycles. The molecule has 21 heavy (non-hydrogen) atoms. The molecule has 0 radical (unpaired) electrons. The molecule has 1 aromatic rings. The van der Waals surface area contributed by atoms with Gasteiger partial charge in [-0.2, -0.15) is 0 Å². The van der Waals surface area contributed by atoms with E-state index in [-0.39, 0.29) is 24.4 Å². The molecule has 0 aliphatic heterocycles. The van der Waals surface area contributed by atoms with Crippen LogP contribution in [0.15, 0.2) is 18.2 Å². The van der Waals surface area contributed by atoms with Crippen molar-refractivity contribution in [1.29, 1.82) is 0 Å². The van der Waals surface area contributed by atoms with Gasteiger partial charge in [0.25, 0.3) is 5.91 Å². The lowest BCUT2D eigenvalue weighted by atomic mass is 10.1. The van der Waals surface area contributed by atoms with Crippen molar-refractivity contribution in [3.63, 3.8) is 0 Å². The summed E-state index contributed by atoms with van der Waals surface area (Å²) in [6, 6.07) is 4.47. The van der Waals surface area contributed by atoms with Gasteiger partial charge in [0, 0.05) is 30.8 Å². The van der Waals surface area contributed by atoms with Crippen molar-refractivity contribution < 1.29 is 13.9 Å². The van der Waals surface area contributed by atoms with Gasteiger partial charge in [0.1, 0.15) is 11.6 Å². The fourth-order valence-corrected chi connectivity index (χ4v) is 2.21. The van der Waals surface area contributed by atoms with Crippen LogP contribution in [0.3, 0.4) is 0 Å². The molecule has 118 valence electrons. The standard InChI is InChI=1S/C16H25FN2O2/c1-5-18-12(4)14-9-8-13(17)10-15(14)21-11-16(20)19(6-2)7-3/h8-10,12,18H,5-7,11H2,1-4H3. The first-order chi connectivity index (χ1) is 10.0. The average molecular weight is 296 g/mol. The van der Waals surface area contributed by atoms with E-state index < -0.39 is 0 Å². The van der Waals surface area contributed by atoms with Gasteiger partial charge in [-0.1, -0.05) is 13.0 Å². The number of ether oxygens (including phenoxy) is 1. The zero-order valence-electron chi connectivity index (χ0n) is 13.3. The smallest absolute Gasteiger partial charge is 0.260 e. The Balaban J connectivity index is 2.81. The number of nitrogens with one attached hydrogen (secondary N) is 1. The molecule has 1 aromatic carbocycles. The van der Waals surface area contributed by atoms with Gasteiger partial charge >= 0.3 is 0 Å². The third-order valence-corrected chi connectivity index (χ3v) is 3.42. The molecule has 0 bridgehead atoms. The fourth-order valence-electron chi connectivity index (χ4n) is 2.21. The molecule has 5 heteroatoms. The highest BCUT2D eigenvalue weighted by molar-refractivity contribution is 5.77. The topological polar surface area (TPSA) is 41.6 Å². The van der Waals surface area contributed by atoms with E-state index >= 15 is 0 Å². The third-order valence-electron chi connectivity index (χ3n) is 3.42. The Labute approximate surface area is 126 Å². The van der Waals surface area contributed by atoms with Crippen molar-refractivity contribution in [3.8, 4) is 5.75 Å². The van der Waals surface area contributed by atoms with Gasteiger partial charge in [-0.15, -0.1) is 0 Å². The summed E-state index contributed by atoms with van der Waals surface area (Å²) in [7, 11) is 0. The second-order valence-corrected chi connectivity index (χ2v) is 4.82. The molecule has 1 amide bonds. The quantitative estimate of drug-likeness (QED) is 0.802. The maximum atomic E-state index is 13.4. The Bertz CT molecular complexity index is 462. The van der Waals surface area contributed by atoms with Crippen LogP contribution in [0, 0.1) is 5.82 Å². The van der Waals surface area contributed by atoms with Crippen LogP contribution in [0.25, 0.3) is 0 Å². The van der Waals surface area contributed by atoms with E-state index in [1.807, 2.05) is 27.7 Å². The van der Waals surface area contributed by atoms with Crippen LogP contribution in [0.4, 0.5) is 4.39 Å². The lowest BCUT2D eigenvalue weighted by Crippen LogP contribution is -2.34.